The van der Waals surface area contributed by atoms with Crippen molar-refractivity contribution in [1.29, 1.82) is 0 Å². The van der Waals surface area contributed by atoms with Gasteiger partial charge in [-0.25, -0.2) is 14.5 Å². The Morgan fingerprint density at radius 2 is 1.95 bits per heavy atom. The van der Waals surface area contributed by atoms with Gasteiger partial charge in [-0.2, -0.15) is 0 Å². The second-order valence-electron chi connectivity index (χ2n) is 6.32. The molecule has 2 atom stereocenters. The van der Waals surface area contributed by atoms with E-state index < -0.39 is 35.5 Å². The maximum absolute atomic E-state index is 12.4. The molecule has 2 unspecified atom stereocenters. The van der Waals surface area contributed by atoms with Crippen LogP contribution in [0.4, 0.5) is 4.79 Å². The van der Waals surface area contributed by atoms with Gasteiger partial charge in [0.25, 0.3) is 0 Å². The number of esters is 1. The van der Waals surface area contributed by atoms with Gasteiger partial charge in [0.2, 0.25) is 5.91 Å². The summed E-state index contributed by atoms with van der Waals surface area (Å²) >= 11 is 0. The zero-order valence-electron chi connectivity index (χ0n) is 13.3. The first kappa shape index (κ1) is 17.2. The van der Waals surface area contributed by atoms with Crippen molar-refractivity contribution >= 4 is 18.0 Å². The Morgan fingerprint density at radius 3 is 2.38 bits per heavy atom. The summed E-state index contributed by atoms with van der Waals surface area (Å²) in [5.41, 5.74) is 0.0767. The summed E-state index contributed by atoms with van der Waals surface area (Å²) in [7, 11) is 1.23. The van der Waals surface area contributed by atoms with Crippen LogP contribution in [0.15, 0.2) is 12.2 Å². The molecule has 118 valence electrons. The summed E-state index contributed by atoms with van der Waals surface area (Å²) < 4.78 is 9.89. The fourth-order valence-electron chi connectivity index (χ4n) is 2.28. The monoisotopic (exact) mass is 297 g/mol. The normalized spacial score (nSPS) is 22.1. The molecule has 0 N–H and O–H groups in total. The van der Waals surface area contributed by atoms with Gasteiger partial charge < -0.3 is 9.47 Å². The molecule has 1 fully saturated rings. The van der Waals surface area contributed by atoms with Crippen molar-refractivity contribution in [3.63, 3.8) is 0 Å². The van der Waals surface area contributed by atoms with Crippen molar-refractivity contribution < 1.29 is 23.9 Å². The third-order valence-electron chi connectivity index (χ3n) is 3.06. The Hall–Kier alpha value is -1.85. The molecule has 0 spiro atoms. The van der Waals surface area contributed by atoms with E-state index in [0.29, 0.717) is 6.42 Å². The average Bonchev–Trinajstić information content (AvgIpc) is 2.63. The molecule has 0 saturated carbocycles. The lowest BCUT2D eigenvalue weighted by Crippen LogP contribution is -2.46. The van der Waals surface area contributed by atoms with Crippen molar-refractivity contribution in [2.24, 2.45) is 5.92 Å². The number of hydrogen-bond donors (Lipinski definition) is 0. The molecule has 1 saturated heterocycles. The first-order chi connectivity index (χ1) is 9.56. The van der Waals surface area contributed by atoms with Crippen LogP contribution in [0.2, 0.25) is 0 Å². The minimum absolute atomic E-state index is 0.234. The highest BCUT2D eigenvalue weighted by molar-refractivity contribution is 6.00. The van der Waals surface area contributed by atoms with E-state index in [1.54, 1.807) is 27.7 Å². The van der Waals surface area contributed by atoms with Crippen LogP contribution in [0.3, 0.4) is 0 Å². The maximum Gasteiger partial charge on any atom is 0.417 e. The van der Waals surface area contributed by atoms with E-state index >= 15 is 0 Å². The van der Waals surface area contributed by atoms with Gasteiger partial charge in [0, 0.05) is 5.92 Å². The zero-order chi connectivity index (χ0) is 16.4. The van der Waals surface area contributed by atoms with Crippen LogP contribution >= 0.6 is 0 Å². The van der Waals surface area contributed by atoms with Crippen molar-refractivity contribution in [1.82, 2.24) is 4.90 Å². The molecule has 21 heavy (non-hydrogen) atoms. The van der Waals surface area contributed by atoms with E-state index in [9.17, 15) is 14.4 Å². The van der Waals surface area contributed by atoms with Crippen LogP contribution in [0.5, 0.6) is 0 Å². The van der Waals surface area contributed by atoms with Crippen LogP contribution in [-0.4, -0.2) is 41.6 Å². The van der Waals surface area contributed by atoms with Gasteiger partial charge in [-0.3, -0.25) is 4.79 Å². The van der Waals surface area contributed by atoms with Gasteiger partial charge in [0.15, 0.2) is 0 Å². The van der Waals surface area contributed by atoms with Gasteiger partial charge in [0.05, 0.1) is 7.11 Å². The molecule has 1 rings (SSSR count). The topological polar surface area (TPSA) is 72.9 Å². The highest BCUT2D eigenvalue weighted by Gasteiger charge is 2.48. The molecule has 6 nitrogen and oxygen atoms in total. The molecule has 0 bridgehead atoms. The number of likely N-dealkylation sites (tertiary alicyclic amines) is 1. The SMILES string of the molecule is C=C(C)CC1CC(C(=O)OC)N(C(=O)OC(C)(C)C)C1=O. The van der Waals surface area contributed by atoms with Gasteiger partial charge >= 0.3 is 12.1 Å². The van der Waals surface area contributed by atoms with E-state index in [2.05, 4.69) is 11.3 Å². The van der Waals surface area contributed by atoms with E-state index in [0.717, 1.165) is 10.5 Å². The van der Waals surface area contributed by atoms with Crippen LogP contribution < -0.4 is 0 Å². The Morgan fingerprint density at radius 1 is 1.38 bits per heavy atom. The van der Waals surface area contributed by atoms with Gasteiger partial charge in [0.1, 0.15) is 11.6 Å². The third-order valence-corrected chi connectivity index (χ3v) is 3.06. The molecule has 1 heterocycles. The first-order valence-corrected chi connectivity index (χ1v) is 6.85. The standard InChI is InChI=1S/C15H23NO5/c1-9(2)7-10-8-11(13(18)20-6)16(12(10)17)14(19)21-15(3,4)5/h10-11H,1,7-8H2,2-6H3. The third kappa shape index (κ3) is 4.31. The zero-order valence-corrected chi connectivity index (χ0v) is 13.3. The summed E-state index contributed by atoms with van der Waals surface area (Å²) in [4.78, 5) is 37.3. The number of imide groups is 1. The molecule has 0 aromatic rings. The molecule has 0 aliphatic carbocycles. The van der Waals surface area contributed by atoms with E-state index in [1.807, 2.05) is 0 Å². The van der Waals surface area contributed by atoms with Gasteiger partial charge in [-0.15, -0.1) is 6.58 Å². The molecule has 0 aromatic heterocycles. The van der Waals surface area contributed by atoms with Crippen molar-refractivity contribution in [3.05, 3.63) is 12.2 Å². The fourth-order valence-corrected chi connectivity index (χ4v) is 2.28. The number of carbonyl (C=O) groups is 3. The molecule has 1 aliphatic rings. The summed E-state index contributed by atoms with van der Waals surface area (Å²) in [5.74, 6) is -1.47. The number of carbonyl (C=O) groups excluding carboxylic acids is 3. The predicted molar refractivity (Wildman–Crippen MR) is 76.4 cm³/mol. The number of allylic oxidation sites excluding steroid dienone is 1. The highest BCUT2D eigenvalue weighted by Crippen LogP contribution is 2.31. The highest BCUT2D eigenvalue weighted by atomic mass is 16.6. The summed E-state index contributed by atoms with van der Waals surface area (Å²) in [6.45, 7) is 10.7. The number of methoxy groups -OCH3 is 1. The number of amides is 2. The van der Waals surface area contributed by atoms with E-state index in [4.69, 9.17) is 4.74 Å². The summed E-state index contributed by atoms with van der Waals surface area (Å²) in [5, 5.41) is 0. The molecular weight excluding hydrogens is 274 g/mol. The lowest BCUT2D eigenvalue weighted by Gasteiger charge is -2.26. The lowest BCUT2D eigenvalue weighted by molar-refractivity contribution is -0.148. The lowest BCUT2D eigenvalue weighted by atomic mass is 9.98. The Bertz CT molecular complexity index is 463. The maximum atomic E-state index is 12.4. The number of hydrogen-bond acceptors (Lipinski definition) is 5. The Kier molecular flexibility index (Phi) is 5.15. The molecule has 0 aromatic carbocycles. The van der Waals surface area contributed by atoms with Crippen LogP contribution in [0.25, 0.3) is 0 Å². The minimum atomic E-state index is -0.929. The van der Waals surface area contributed by atoms with Crippen molar-refractivity contribution in [3.8, 4) is 0 Å². The van der Waals surface area contributed by atoms with Gasteiger partial charge in [-0.05, 0) is 40.5 Å². The predicted octanol–water partition coefficient (Wildman–Crippen LogP) is 2.28. The van der Waals surface area contributed by atoms with Crippen molar-refractivity contribution in [2.45, 2.75) is 52.2 Å². The van der Waals surface area contributed by atoms with Crippen molar-refractivity contribution in [2.75, 3.05) is 7.11 Å². The smallest absolute Gasteiger partial charge is 0.417 e. The molecule has 1 aliphatic heterocycles. The van der Waals surface area contributed by atoms with Crippen LogP contribution in [0, 0.1) is 5.92 Å². The van der Waals surface area contributed by atoms with E-state index in [1.165, 1.54) is 7.11 Å². The molecule has 2 amide bonds. The summed E-state index contributed by atoms with van der Waals surface area (Å²) in [6.07, 6.45) is -0.143. The van der Waals surface area contributed by atoms with Gasteiger partial charge in [-0.1, -0.05) is 5.57 Å². The fraction of sp³-hybridized carbons (Fsp3) is 0.667. The molecule has 6 heteroatoms. The van der Waals surface area contributed by atoms with Crippen LogP contribution in [-0.2, 0) is 19.1 Å². The second kappa shape index (κ2) is 6.28. The average molecular weight is 297 g/mol. The van der Waals surface area contributed by atoms with E-state index in [-0.39, 0.29) is 6.42 Å². The number of nitrogens with zero attached hydrogens (tertiary/aromatic N) is 1. The Balaban J connectivity index is 3.00. The largest absolute Gasteiger partial charge is 0.467 e. The van der Waals surface area contributed by atoms with Crippen LogP contribution in [0.1, 0.15) is 40.5 Å². The Labute approximate surface area is 125 Å². The number of rotatable bonds is 3. The molecule has 0 radical (unpaired) electrons. The number of ether oxygens (including phenoxy) is 2. The first-order valence-electron chi connectivity index (χ1n) is 6.85. The second-order valence-corrected chi connectivity index (χ2v) is 6.32. The minimum Gasteiger partial charge on any atom is -0.467 e. The summed E-state index contributed by atoms with van der Waals surface area (Å²) in [6, 6.07) is -0.929. The quantitative estimate of drug-likeness (QED) is 0.590. The molecular formula is C15H23NO5.